The Bertz CT molecular complexity index is 638. The van der Waals surface area contributed by atoms with Gasteiger partial charge in [0, 0.05) is 36.9 Å². The van der Waals surface area contributed by atoms with Crippen LogP contribution in [0.4, 0.5) is 5.69 Å². The van der Waals surface area contributed by atoms with Crippen molar-refractivity contribution in [3.05, 3.63) is 23.3 Å². The number of fused-ring (bicyclic) bond motifs is 1. The van der Waals surface area contributed by atoms with Gasteiger partial charge in [0.2, 0.25) is 0 Å². The van der Waals surface area contributed by atoms with Crippen molar-refractivity contribution in [1.29, 1.82) is 0 Å². The fourth-order valence-corrected chi connectivity index (χ4v) is 3.59. The number of nitrogens with zero attached hydrogens (tertiary/aromatic N) is 3. The van der Waals surface area contributed by atoms with Crippen LogP contribution in [-0.4, -0.2) is 53.9 Å². The zero-order chi connectivity index (χ0) is 15.6. The van der Waals surface area contributed by atoms with E-state index >= 15 is 0 Å². The molecular weight excluding hydrogens is 284 g/mol. The van der Waals surface area contributed by atoms with Crippen LogP contribution in [0.5, 0.6) is 0 Å². The van der Waals surface area contributed by atoms with Crippen molar-refractivity contribution in [1.82, 2.24) is 14.8 Å². The van der Waals surface area contributed by atoms with Gasteiger partial charge in [-0.3, -0.25) is 9.78 Å². The van der Waals surface area contributed by atoms with Gasteiger partial charge in [-0.15, -0.1) is 11.3 Å². The molecule has 2 aromatic heterocycles. The summed E-state index contributed by atoms with van der Waals surface area (Å²) in [4.78, 5) is 21.5. The Kier molecular flexibility index (Phi) is 4.80. The molecule has 5 nitrogen and oxygen atoms in total. The van der Waals surface area contributed by atoms with Crippen LogP contribution in [0.2, 0.25) is 0 Å². The number of hydrogen-bond donors (Lipinski definition) is 1. The molecule has 21 heavy (non-hydrogen) atoms. The van der Waals surface area contributed by atoms with Crippen LogP contribution in [0.15, 0.2) is 18.5 Å². The monoisotopic (exact) mass is 306 g/mol. The summed E-state index contributed by atoms with van der Waals surface area (Å²) in [7, 11) is 4.02. The van der Waals surface area contributed by atoms with Crippen LogP contribution in [-0.2, 0) is 0 Å². The van der Waals surface area contributed by atoms with Gasteiger partial charge in [0.05, 0.1) is 10.4 Å². The third-order valence-corrected chi connectivity index (χ3v) is 4.63. The second-order valence-electron chi connectivity index (χ2n) is 5.42. The van der Waals surface area contributed by atoms with Crippen LogP contribution in [0.3, 0.4) is 0 Å². The first-order valence-electron chi connectivity index (χ1n) is 7.03. The number of pyridine rings is 1. The Morgan fingerprint density at radius 2 is 2.19 bits per heavy atom. The molecule has 114 valence electrons. The largest absolute Gasteiger partial charge is 0.397 e. The highest BCUT2D eigenvalue weighted by molar-refractivity contribution is 7.21. The van der Waals surface area contributed by atoms with E-state index in [1.165, 1.54) is 11.3 Å². The molecule has 0 saturated heterocycles. The van der Waals surface area contributed by atoms with Crippen molar-refractivity contribution >= 4 is 33.0 Å². The van der Waals surface area contributed by atoms with E-state index in [0.29, 0.717) is 17.1 Å². The van der Waals surface area contributed by atoms with Gasteiger partial charge in [-0.2, -0.15) is 0 Å². The average molecular weight is 306 g/mol. The van der Waals surface area contributed by atoms with Gasteiger partial charge in [-0.1, -0.05) is 0 Å². The maximum atomic E-state index is 12.8. The molecule has 6 heteroatoms. The van der Waals surface area contributed by atoms with Crippen molar-refractivity contribution in [2.75, 3.05) is 32.9 Å². The van der Waals surface area contributed by atoms with E-state index in [2.05, 4.69) is 16.8 Å². The summed E-state index contributed by atoms with van der Waals surface area (Å²) >= 11 is 1.42. The van der Waals surface area contributed by atoms with Gasteiger partial charge in [-0.25, -0.2) is 0 Å². The Labute approximate surface area is 129 Å². The second kappa shape index (κ2) is 6.41. The van der Waals surface area contributed by atoms with Crippen molar-refractivity contribution in [3.63, 3.8) is 0 Å². The van der Waals surface area contributed by atoms with Crippen molar-refractivity contribution in [2.45, 2.75) is 19.9 Å². The minimum atomic E-state index is 0.00514. The van der Waals surface area contributed by atoms with Gasteiger partial charge in [-0.05, 0) is 34.0 Å². The lowest BCUT2D eigenvalue weighted by molar-refractivity contribution is 0.0685. The molecule has 2 N–H and O–H groups in total. The van der Waals surface area contributed by atoms with Gasteiger partial charge in [0.25, 0.3) is 5.91 Å². The number of carbonyl (C=O) groups excluding carboxylic acids is 1. The lowest BCUT2D eigenvalue weighted by atomic mass is 10.2. The SMILES string of the molecule is CCN(C(=O)c1sc2cnccc2c1N)C(C)CN(C)C. The first-order chi connectivity index (χ1) is 9.95. The number of nitrogens with two attached hydrogens (primary N) is 1. The summed E-state index contributed by atoms with van der Waals surface area (Å²) < 4.78 is 0.953. The van der Waals surface area contributed by atoms with E-state index in [-0.39, 0.29) is 11.9 Å². The number of thiophene rings is 1. The van der Waals surface area contributed by atoms with E-state index in [1.54, 1.807) is 12.4 Å². The van der Waals surface area contributed by atoms with Gasteiger partial charge < -0.3 is 15.5 Å². The lowest BCUT2D eigenvalue weighted by Crippen LogP contribution is -2.43. The molecule has 0 saturated carbocycles. The number of carbonyl (C=O) groups is 1. The number of nitrogen functional groups attached to an aromatic ring is 1. The summed E-state index contributed by atoms with van der Waals surface area (Å²) in [6.07, 6.45) is 3.46. The quantitative estimate of drug-likeness (QED) is 0.920. The minimum Gasteiger partial charge on any atom is -0.397 e. The molecular formula is C15H22N4OS. The second-order valence-corrected chi connectivity index (χ2v) is 6.47. The summed E-state index contributed by atoms with van der Waals surface area (Å²) in [5.74, 6) is 0.00514. The molecule has 0 aliphatic heterocycles. The van der Waals surface area contributed by atoms with E-state index < -0.39 is 0 Å². The first kappa shape index (κ1) is 15.7. The van der Waals surface area contributed by atoms with Gasteiger partial charge in [0.15, 0.2) is 0 Å². The van der Waals surface area contributed by atoms with Crippen LogP contribution < -0.4 is 5.73 Å². The smallest absolute Gasteiger partial charge is 0.266 e. The van der Waals surface area contributed by atoms with Gasteiger partial charge in [0.1, 0.15) is 4.88 Å². The average Bonchev–Trinajstić information content (AvgIpc) is 2.76. The molecule has 2 rings (SSSR count). The molecule has 1 atom stereocenters. The highest BCUT2D eigenvalue weighted by Gasteiger charge is 2.24. The first-order valence-corrected chi connectivity index (χ1v) is 7.85. The maximum absolute atomic E-state index is 12.8. The third kappa shape index (κ3) is 3.16. The molecule has 1 amide bonds. The highest BCUT2D eigenvalue weighted by atomic mass is 32.1. The fourth-order valence-electron chi connectivity index (χ4n) is 2.54. The molecule has 0 aliphatic rings. The van der Waals surface area contributed by atoms with E-state index in [1.807, 2.05) is 32.0 Å². The fraction of sp³-hybridized carbons (Fsp3) is 0.467. The summed E-state index contributed by atoms with van der Waals surface area (Å²) in [6, 6.07) is 2.00. The predicted molar refractivity (Wildman–Crippen MR) is 88.8 cm³/mol. The number of likely N-dealkylation sites (N-methyl/N-ethyl adjacent to an activating group) is 2. The van der Waals surface area contributed by atoms with Crippen molar-refractivity contribution < 1.29 is 4.79 Å². The summed E-state index contributed by atoms with van der Waals surface area (Å²) in [5, 5.41) is 0.912. The molecule has 0 spiro atoms. The highest BCUT2D eigenvalue weighted by Crippen LogP contribution is 2.33. The van der Waals surface area contributed by atoms with Crippen LogP contribution in [0.25, 0.3) is 10.1 Å². The molecule has 0 aliphatic carbocycles. The lowest BCUT2D eigenvalue weighted by Gasteiger charge is -2.29. The third-order valence-electron chi connectivity index (χ3n) is 3.49. The van der Waals surface area contributed by atoms with Crippen molar-refractivity contribution in [2.24, 2.45) is 0 Å². The Balaban J connectivity index is 2.33. The van der Waals surface area contributed by atoms with E-state index in [9.17, 15) is 4.79 Å². The number of hydrogen-bond acceptors (Lipinski definition) is 5. The molecule has 0 radical (unpaired) electrons. The number of aromatic nitrogens is 1. The number of anilines is 1. The van der Waals surface area contributed by atoms with E-state index in [4.69, 9.17) is 5.73 Å². The Morgan fingerprint density at radius 1 is 1.48 bits per heavy atom. The van der Waals surface area contributed by atoms with E-state index in [0.717, 1.165) is 16.6 Å². The van der Waals surface area contributed by atoms with Crippen LogP contribution in [0, 0.1) is 0 Å². The zero-order valence-corrected chi connectivity index (χ0v) is 13.8. The molecule has 1 unspecified atom stereocenters. The molecule has 0 fully saturated rings. The van der Waals surface area contributed by atoms with Crippen LogP contribution >= 0.6 is 11.3 Å². The molecule has 0 aromatic carbocycles. The Hall–Kier alpha value is -1.66. The number of rotatable bonds is 5. The Morgan fingerprint density at radius 3 is 2.76 bits per heavy atom. The van der Waals surface area contributed by atoms with Crippen molar-refractivity contribution in [3.8, 4) is 0 Å². The maximum Gasteiger partial charge on any atom is 0.266 e. The summed E-state index contributed by atoms with van der Waals surface area (Å²) in [5.41, 5.74) is 6.73. The summed E-state index contributed by atoms with van der Waals surface area (Å²) in [6.45, 7) is 5.55. The zero-order valence-electron chi connectivity index (χ0n) is 13.0. The van der Waals surface area contributed by atoms with Gasteiger partial charge >= 0.3 is 0 Å². The molecule has 2 aromatic rings. The normalized spacial score (nSPS) is 12.8. The minimum absolute atomic E-state index is 0.00514. The number of amides is 1. The predicted octanol–water partition coefficient (Wildman–Crippen LogP) is 2.29. The molecule has 2 heterocycles. The topological polar surface area (TPSA) is 62.5 Å². The van der Waals surface area contributed by atoms with Crippen LogP contribution in [0.1, 0.15) is 23.5 Å². The molecule has 0 bridgehead atoms. The standard InChI is InChI=1S/C15H22N4OS/c1-5-19(10(2)9-18(3)4)15(20)14-13(16)11-6-7-17-8-12(11)21-14/h6-8,10H,5,9,16H2,1-4H3.